The lowest BCUT2D eigenvalue weighted by molar-refractivity contribution is 0.117. The first kappa shape index (κ1) is 14.4. The van der Waals surface area contributed by atoms with Crippen molar-refractivity contribution in [2.75, 3.05) is 6.54 Å². The zero-order chi connectivity index (χ0) is 14.0. The number of likely N-dealkylation sites (tertiary alicyclic amines) is 1. The molecule has 0 radical (unpaired) electrons. The number of benzene rings is 1. The number of hydrogen-bond donors (Lipinski definition) is 2. The number of halogens is 1. The van der Waals surface area contributed by atoms with Crippen LogP contribution in [0.3, 0.4) is 0 Å². The van der Waals surface area contributed by atoms with Crippen molar-refractivity contribution in [1.29, 1.82) is 5.41 Å². The average Bonchev–Trinajstić information content (AvgIpc) is 2.36. The van der Waals surface area contributed by atoms with Gasteiger partial charge in [0.25, 0.3) is 0 Å². The van der Waals surface area contributed by atoms with E-state index in [1.807, 2.05) is 12.1 Å². The summed E-state index contributed by atoms with van der Waals surface area (Å²) in [6.45, 7) is 6.59. The first-order valence-corrected chi connectivity index (χ1v) is 7.22. The van der Waals surface area contributed by atoms with Crippen LogP contribution in [-0.2, 0) is 6.54 Å². The van der Waals surface area contributed by atoms with E-state index in [4.69, 9.17) is 22.7 Å². The van der Waals surface area contributed by atoms with Crippen LogP contribution in [0.15, 0.2) is 18.2 Å². The van der Waals surface area contributed by atoms with Crippen LogP contribution in [0.4, 0.5) is 0 Å². The van der Waals surface area contributed by atoms with Crippen molar-refractivity contribution < 1.29 is 0 Å². The van der Waals surface area contributed by atoms with E-state index in [0.717, 1.165) is 24.6 Å². The summed E-state index contributed by atoms with van der Waals surface area (Å²) in [6, 6.07) is 6.27. The molecule has 0 saturated carbocycles. The molecule has 1 aliphatic heterocycles. The zero-order valence-corrected chi connectivity index (χ0v) is 12.4. The van der Waals surface area contributed by atoms with Crippen LogP contribution < -0.4 is 5.73 Å². The molecule has 2 rings (SSSR count). The first-order valence-electron chi connectivity index (χ1n) is 6.84. The average molecular weight is 280 g/mol. The van der Waals surface area contributed by atoms with Crippen LogP contribution in [0, 0.1) is 11.3 Å². The SMILES string of the molecule is CC1CCC(C)N(Cc2ccc(C(=N)N)cc2Cl)C1. The monoisotopic (exact) mass is 279 g/mol. The van der Waals surface area contributed by atoms with Gasteiger partial charge < -0.3 is 5.73 Å². The van der Waals surface area contributed by atoms with E-state index < -0.39 is 0 Å². The largest absolute Gasteiger partial charge is 0.384 e. The lowest BCUT2D eigenvalue weighted by atomic mass is 9.94. The van der Waals surface area contributed by atoms with Crippen LogP contribution in [0.5, 0.6) is 0 Å². The normalized spacial score (nSPS) is 24.4. The van der Waals surface area contributed by atoms with Gasteiger partial charge in [-0.3, -0.25) is 10.3 Å². The molecule has 2 unspecified atom stereocenters. The summed E-state index contributed by atoms with van der Waals surface area (Å²) in [5, 5.41) is 8.13. The molecular weight excluding hydrogens is 258 g/mol. The fourth-order valence-electron chi connectivity index (χ4n) is 2.66. The molecule has 1 heterocycles. The molecule has 0 aromatic heterocycles. The number of piperidine rings is 1. The van der Waals surface area contributed by atoms with Gasteiger partial charge in [0.05, 0.1) is 0 Å². The van der Waals surface area contributed by atoms with Crippen LogP contribution >= 0.6 is 11.6 Å². The Bertz CT molecular complexity index is 472. The highest BCUT2D eigenvalue weighted by atomic mass is 35.5. The molecule has 0 aliphatic carbocycles. The van der Waals surface area contributed by atoms with Gasteiger partial charge in [-0.1, -0.05) is 30.7 Å². The highest BCUT2D eigenvalue weighted by Crippen LogP contribution is 2.26. The van der Waals surface area contributed by atoms with E-state index in [2.05, 4.69) is 18.7 Å². The highest BCUT2D eigenvalue weighted by molar-refractivity contribution is 6.31. The van der Waals surface area contributed by atoms with E-state index in [0.29, 0.717) is 16.6 Å². The molecule has 19 heavy (non-hydrogen) atoms. The van der Waals surface area contributed by atoms with Crippen molar-refractivity contribution in [3.63, 3.8) is 0 Å². The quantitative estimate of drug-likeness (QED) is 0.659. The topological polar surface area (TPSA) is 53.1 Å². The summed E-state index contributed by atoms with van der Waals surface area (Å²) in [6.07, 6.45) is 2.57. The number of nitrogens with one attached hydrogen (secondary N) is 1. The maximum Gasteiger partial charge on any atom is 0.122 e. The molecule has 1 fully saturated rings. The van der Waals surface area contributed by atoms with Gasteiger partial charge in [0.1, 0.15) is 5.84 Å². The van der Waals surface area contributed by atoms with Gasteiger partial charge in [-0.05, 0) is 37.3 Å². The van der Waals surface area contributed by atoms with Crippen molar-refractivity contribution in [3.8, 4) is 0 Å². The Morgan fingerprint density at radius 2 is 2.16 bits per heavy atom. The summed E-state index contributed by atoms with van der Waals surface area (Å²) < 4.78 is 0. The minimum atomic E-state index is 0.0633. The number of nitrogens with two attached hydrogens (primary N) is 1. The number of amidine groups is 1. The van der Waals surface area contributed by atoms with Gasteiger partial charge >= 0.3 is 0 Å². The van der Waals surface area contributed by atoms with Gasteiger partial charge in [0.2, 0.25) is 0 Å². The minimum absolute atomic E-state index is 0.0633. The minimum Gasteiger partial charge on any atom is -0.384 e. The maximum absolute atomic E-state index is 7.42. The molecule has 0 bridgehead atoms. The summed E-state index contributed by atoms with van der Waals surface area (Å²) in [5.41, 5.74) is 7.28. The van der Waals surface area contributed by atoms with Crippen molar-refractivity contribution in [2.45, 2.75) is 39.3 Å². The molecule has 0 spiro atoms. The second kappa shape index (κ2) is 5.93. The number of hydrogen-bond acceptors (Lipinski definition) is 2. The summed E-state index contributed by atoms with van der Waals surface area (Å²) >= 11 is 6.30. The Kier molecular flexibility index (Phi) is 4.48. The zero-order valence-electron chi connectivity index (χ0n) is 11.6. The lowest BCUT2D eigenvalue weighted by Gasteiger charge is -2.37. The maximum atomic E-state index is 7.42. The van der Waals surface area contributed by atoms with Crippen molar-refractivity contribution >= 4 is 17.4 Å². The number of rotatable bonds is 3. The Morgan fingerprint density at radius 1 is 1.42 bits per heavy atom. The second-order valence-electron chi connectivity index (χ2n) is 5.68. The van der Waals surface area contributed by atoms with E-state index >= 15 is 0 Å². The third-order valence-electron chi connectivity index (χ3n) is 3.98. The lowest BCUT2D eigenvalue weighted by Crippen LogP contribution is -2.40. The van der Waals surface area contributed by atoms with Crippen LogP contribution in [0.2, 0.25) is 5.02 Å². The molecular formula is C15H22ClN3. The molecule has 2 atom stereocenters. The van der Waals surface area contributed by atoms with E-state index in [9.17, 15) is 0 Å². The van der Waals surface area contributed by atoms with E-state index in [1.54, 1.807) is 6.07 Å². The standard InChI is InChI=1S/C15H22ClN3/c1-10-3-4-11(2)19(8-10)9-13-6-5-12(15(17)18)7-14(13)16/h5-7,10-11H,3-4,8-9H2,1-2H3,(H3,17,18). The van der Waals surface area contributed by atoms with E-state index in [-0.39, 0.29) is 5.84 Å². The first-order chi connectivity index (χ1) is 8.97. The Hall–Kier alpha value is -1.06. The van der Waals surface area contributed by atoms with Crippen molar-refractivity contribution in [3.05, 3.63) is 34.3 Å². The van der Waals surface area contributed by atoms with Gasteiger partial charge in [-0.25, -0.2) is 0 Å². The Labute approximate surface area is 120 Å². The second-order valence-corrected chi connectivity index (χ2v) is 6.09. The fraction of sp³-hybridized carbons (Fsp3) is 0.533. The predicted octanol–water partition coefficient (Wildman–Crippen LogP) is 3.24. The smallest absolute Gasteiger partial charge is 0.122 e. The Balaban J connectivity index is 2.12. The predicted molar refractivity (Wildman–Crippen MR) is 80.7 cm³/mol. The number of nitrogens with zero attached hydrogens (tertiary/aromatic N) is 1. The molecule has 104 valence electrons. The van der Waals surface area contributed by atoms with Gasteiger partial charge in [0.15, 0.2) is 0 Å². The van der Waals surface area contributed by atoms with Crippen LogP contribution in [-0.4, -0.2) is 23.3 Å². The van der Waals surface area contributed by atoms with Crippen LogP contribution in [0.1, 0.15) is 37.8 Å². The number of nitrogen functional groups attached to an aromatic ring is 1. The summed E-state index contributed by atoms with van der Waals surface area (Å²) in [5.74, 6) is 0.819. The van der Waals surface area contributed by atoms with Crippen molar-refractivity contribution in [1.82, 2.24) is 4.90 Å². The third-order valence-corrected chi connectivity index (χ3v) is 4.34. The summed E-state index contributed by atoms with van der Waals surface area (Å²) in [4.78, 5) is 2.49. The van der Waals surface area contributed by atoms with Gasteiger partial charge in [-0.15, -0.1) is 0 Å². The Morgan fingerprint density at radius 3 is 2.79 bits per heavy atom. The highest BCUT2D eigenvalue weighted by Gasteiger charge is 2.23. The van der Waals surface area contributed by atoms with Crippen LogP contribution in [0.25, 0.3) is 0 Å². The fourth-order valence-corrected chi connectivity index (χ4v) is 2.90. The molecule has 4 heteroatoms. The van der Waals surface area contributed by atoms with Gasteiger partial charge in [0, 0.05) is 29.7 Å². The third kappa shape index (κ3) is 3.48. The molecule has 0 amide bonds. The molecule has 1 aromatic carbocycles. The molecule has 1 aliphatic rings. The van der Waals surface area contributed by atoms with Crippen molar-refractivity contribution in [2.24, 2.45) is 11.7 Å². The van der Waals surface area contributed by atoms with E-state index in [1.165, 1.54) is 12.8 Å². The molecule has 1 aromatic rings. The molecule has 1 saturated heterocycles. The summed E-state index contributed by atoms with van der Waals surface area (Å²) in [7, 11) is 0. The molecule has 3 N–H and O–H groups in total. The molecule has 3 nitrogen and oxygen atoms in total. The van der Waals surface area contributed by atoms with Gasteiger partial charge in [-0.2, -0.15) is 0 Å².